The van der Waals surface area contributed by atoms with Gasteiger partial charge >= 0.3 is 0 Å². The topological polar surface area (TPSA) is 80.8 Å². The van der Waals surface area contributed by atoms with E-state index in [4.69, 9.17) is 5.21 Å². The normalized spacial score (nSPS) is 39.2. The Balaban J connectivity index is 0. The van der Waals surface area contributed by atoms with Crippen molar-refractivity contribution in [3.63, 3.8) is 0 Å². The summed E-state index contributed by atoms with van der Waals surface area (Å²) in [6.45, 7) is 1.87. The van der Waals surface area contributed by atoms with Crippen molar-refractivity contribution in [3.8, 4) is 0 Å². The average Bonchev–Trinajstić information content (AvgIpc) is 2.13. The molecule has 0 aliphatic carbocycles. The van der Waals surface area contributed by atoms with Crippen molar-refractivity contribution >= 4 is 10.8 Å². The second kappa shape index (κ2) is 3.43. The monoisotopic (exact) mass is 169 g/mol. The van der Waals surface area contributed by atoms with Gasteiger partial charge in [0.25, 0.3) is 0 Å². The van der Waals surface area contributed by atoms with Gasteiger partial charge in [0.05, 0.1) is 5.54 Å². The quantitative estimate of drug-likeness (QED) is 0.509. The van der Waals surface area contributed by atoms with E-state index in [2.05, 4.69) is 5.48 Å². The second-order valence-corrected chi connectivity index (χ2v) is 4.29. The van der Waals surface area contributed by atoms with Crippen molar-refractivity contribution in [3.05, 3.63) is 0 Å². The minimum absolute atomic E-state index is 0. The van der Waals surface area contributed by atoms with Gasteiger partial charge in [0.1, 0.15) is 0 Å². The molecule has 0 saturated carbocycles. The van der Waals surface area contributed by atoms with Crippen molar-refractivity contribution in [2.75, 3.05) is 11.5 Å². The molecule has 0 bridgehead atoms. The lowest BCUT2D eigenvalue weighted by atomic mass is 10.0. The first-order valence-corrected chi connectivity index (χ1v) is 4.41. The summed E-state index contributed by atoms with van der Waals surface area (Å²) in [4.78, 5) is 0. The summed E-state index contributed by atoms with van der Waals surface area (Å²) < 4.78 is 10.8. The Hall–Kier alpha value is 0.0300. The molecule has 1 rings (SSSR count). The van der Waals surface area contributed by atoms with Crippen LogP contribution in [0.2, 0.25) is 0 Å². The highest BCUT2D eigenvalue weighted by atomic mass is 32.2. The van der Waals surface area contributed by atoms with Crippen LogP contribution in [0.4, 0.5) is 0 Å². The average molecular weight is 169 g/mol. The second-order valence-electron chi connectivity index (χ2n) is 2.71. The molecule has 0 radical (unpaired) electrons. The highest BCUT2D eigenvalue weighted by Gasteiger charge is 2.32. The molecule has 1 fully saturated rings. The maximum Gasteiger partial charge on any atom is 0.0525 e. The Morgan fingerprint density at radius 3 is 2.60 bits per heavy atom. The number of hydroxylamine groups is 1. The molecule has 0 aromatic heterocycles. The van der Waals surface area contributed by atoms with E-state index in [0.29, 0.717) is 11.5 Å². The number of rotatable bonds is 1. The van der Waals surface area contributed by atoms with Crippen LogP contribution in [0, 0.1) is 0 Å². The molecule has 1 heterocycles. The summed E-state index contributed by atoms with van der Waals surface area (Å²) in [5.41, 5.74) is 1.89. The third-order valence-electron chi connectivity index (χ3n) is 1.63. The Kier molecular flexibility index (Phi) is 3.44. The first-order chi connectivity index (χ1) is 4.16. The fraction of sp³-hybridized carbons (Fsp3) is 1.00. The summed E-state index contributed by atoms with van der Waals surface area (Å²) in [7, 11) is -0.715. The Labute approximate surface area is 63.8 Å². The number of hydrogen-bond donors (Lipinski definition) is 2. The van der Waals surface area contributed by atoms with E-state index in [1.165, 1.54) is 0 Å². The molecule has 1 aliphatic rings. The van der Waals surface area contributed by atoms with Gasteiger partial charge in [-0.25, -0.2) is 0 Å². The maximum absolute atomic E-state index is 10.8. The maximum atomic E-state index is 10.8. The van der Waals surface area contributed by atoms with Gasteiger partial charge in [-0.2, -0.15) is 5.48 Å². The Morgan fingerprint density at radius 1 is 1.80 bits per heavy atom. The summed E-state index contributed by atoms with van der Waals surface area (Å²) >= 11 is 0. The predicted octanol–water partition coefficient (Wildman–Crippen LogP) is -0.702. The minimum Gasteiger partial charge on any atom is -0.412 e. The molecule has 4 nitrogen and oxygen atoms in total. The summed E-state index contributed by atoms with van der Waals surface area (Å²) in [6, 6.07) is 0. The molecule has 2 atom stereocenters. The molecule has 1 aliphatic heterocycles. The van der Waals surface area contributed by atoms with Crippen molar-refractivity contribution in [2.45, 2.75) is 18.9 Å². The van der Waals surface area contributed by atoms with Gasteiger partial charge in [0, 0.05) is 23.7 Å². The van der Waals surface area contributed by atoms with Crippen LogP contribution in [0.5, 0.6) is 0 Å². The third kappa shape index (κ3) is 2.02. The van der Waals surface area contributed by atoms with Crippen LogP contribution in [0.1, 0.15) is 14.8 Å². The number of nitrogens with one attached hydrogen (secondary N) is 1. The van der Waals surface area contributed by atoms with E-state index in [1.54, 1.807) is 0 Å². The summed E-state index contributed by atoms with van der Waals surface area (Å²) in [6.07, 6.45) is 0.802. The van der Waals surface area contributed by atoms with Crippen molar-refractivity contribution in [1.29, 1.82) is 0 Å². The van der Waals surface area contributed by atoms with Crippen molar-refractivity contribution < 1.29 is 16.3 Å². The molecule has 1 unspecified atom stereocenters. The molecule has 10 heavy (non-hydrogen) atoms. The van der Waals surface area contributed by atoms with E-state index in [-0.39, 0.29) is 12.4 Å². The molecular formula is C5H15NO3S. The first kappa shape index (κ1) is 10.0. The lowest BCUT2D eigenvalue weighted by Gasteiger charge is -2.18. The standard InChI is InChI=1S/C5H11NO2S.H2O.H2/c1-5(6-7)2-3-9(8)4-5;;/h6-7H,2-4H2,1H3;1H2;1H/t5-,9?;;/m0../s1. The van der Waals surface area contributed by atoms with E-state index in [1.807, 2.05) is 6.92 Å². The van der Waals surface area contributed by atoms with Gasteiger partial charge in [0.15, 0.2) is 0 Å². The van der Waals surface area contributed by atoms with Crippen molar-refractivity contribution in [1.82, 2.24) is 5.48 Å². The van der Waals surface area contributed by atoms with Gasteiger partial charge in [0.2, 0.25) is 0 Å². The van der Waals surface area contributed by atoms with Crippen LogP contribution < -0.4 is 5.48 Å². The van der Waals surface area contributed by atoms with Crippen molar-refractivity contribution in [2.24, 2.45) is 0 Å². The zero-order valence-electron chi connectivity index (χ0n) is 5.89. The van der Waals surface area contributed by atoms with Crippen LogP contribution >= 0.6 is 0 Å². The smallest absolute Gasteiger partial charge is 0.0525 e. The van der Waals surface area contributed by atoms with E-state index < -0.39 is 10.8 Å². The van der Waals surface area contributed by atoms with Crippen LogP contribution in [-0.4, -0.2) is 31.9 Å². The van der Waals surface area contributed by atoms with Gasteiger partial charge < -0.3 is 10.7 Å². The fourth-order valence-electron chi connectivity index (χ4n) is 0.927. The molecule has 1 saturated heterocycles. The minimum atomic E-state index is -0.715. The molecule has 5 heteroatoms. The van der Waals surface area contributed by atoms with E-state index in [9.17, 15) is 4.21 Å². The molecule has 4 N–H and O–H groups in total. The van der Waals surface area contributed by atoms with Gasteiger partial charge in [-0.15, -0.1) is 0 Å². The van der Waals surface area contributed by atoms with Crippen LogP contribution in [0.25, 0.3) is 0 Å². The lowest BCUT2D eigenvalue weighted by Crippen LogP contribution is -2.40. The van der Waals surface area contributed by atoms with E-state index >= 15 is 0 Å². The van der Waals surface area contributed by atoms with Gasteiger partial charge in [-0.05, 0) is 13.3 Å². The Morgan fingerprint density at radius 2 is 2.40 bits per heavy atom. The van der Waals surface area contributed by atoms with Gasteiger partial charge in [-0.1, -0.05) is 0 Å². The fourth-order valence-corrected chi connectivity index (χ4v) is 2.67. The Bertz CT molecular complexity index is 146. The highest BCUT2D eigenvalue weighted by Crippen LogP contribution is 2.18. The zero-order valence-corrected chi connectivity index (χ0v) is 6.70. The largest absolute Gasteiger partial charge is 0.412 e. The molecular weight excluding hydrogens is 154 g/mol. The highest BCUT2D eigenvalue weighted by molar-refractivity contribution is 7.85. The predicted molar refractivity (Wildman–Crippen MR) is 41.5 cm³/mol. The molecule has 64 valence electrons. The van der Waals surface area contributed by atoms with Crippen LogP contribution in [0.15, 0.2) is 0 Å². The third-order valence-corrected chi connectivity index (χ3v) is 3.25. The van der Waals surface area contributed by atoms with Crippen LogP contribution in [-0.2, 0) is 10.8 Å². The SMILES string of the molecule is C[C@]1(NO)CCS(=O)C1.O.[HH]. The lowest BCUT2D eigenvalue weighted by molar-refractivity contribution is 0.0856. The van der Waals surface area contributed by atoms with Gasteiger partial charge in [-0.3, -0.25) is 4.21 Å². The summed E-state index contributed by atoms with van der Waals surface area (Å²) in [5.74, 6) is 1.29. The van der Waals surface area contributed by atoms with Crippen LogP contribution in [0.3, 0.4) is 0 Å². The number of hydrogen-bond acceptors (Lipinski definition) is 3. The zero-order chi connectivity index (χ0) is 6.91. The van der Waals surface area contributed by atoms with E-state index in [0.717, 1.165) is 6.42 Å². The first-order valence-electron chi connectivity index (χ1n) is 2.92. The molecule has 0 aromatic carbocycles. The summed E-state index contributed by atoms with van der Waals surface area (Å²) in [5, 5.41) is 8.56. The molecule has 0 amide bonds. The molecule has 0 spiro atoms. The molecule has 0 aromatic rings.